The molecule has 0 fully saturated rings. The maximum absolute atomic E-state index is 11.0. The highest BCUT2D eigenvalue weighted by atomic mass is 16.6. The Morgan fingerprint density at radius 2 is 2.16 bits per heavy atom. The van der Waals surface area contributed by atoms with E-state index in [9.17, 15) is 10.1 Å². The maximum Gasteiger partial charge on any atom is 0.353 e. The van der Waals surface area contributed by atoms with E-state index in [0.29, 0.717) is 11.7 Å². The van der Waals surface area contributed by atoms with Crippen LogP contribution in [0.1, 0.15) is 11.7 Å². The molecule has 0 saturated heterocycles. The van der Waals surface area contributed by atoms with Crippen molar-refractivity contribution in [1.82, 2.24) is 20.1 Å². The monoisotopic (exact) mass is 265 g/mol. The van der Waals surface area contributed by atoms with Crippen molar-refractivity contribution in [3.8, 4) is 0 Å². The normalized spacial score (nSPS) is 10.2. The van der Waals surface area contributed by atoms with E-state index >= 15 is 0 Å². The van der Waals surface area contributed by atoms with Gasteiger partial charge in [0.1, 0.15) is 6.33 Å². The number of rotatable bonds is 5. The van der Waals surface area contributed by atoms with E-state index in [1.165, 1.54) is 6.33 Å². The van der Waals surface area contributed by atoms with Gasteiger partial charge in [0.05, 0.1) is 11.5 Å². The van der Waals surface area contributed by atoms with E-state index in [1.54, 1.807) is 14.0 Å². The first kappa shape index (κ1) is 12.7. The summed E-state index contributed by atoms with van der Waals surface area (Å²) in [5, 5.41) is 20.0. The van der Waals surface area contributed by atoms with Crippen LogP contribution in [-0.2, 0) is 6.54 Å². The number of aryl methyl sites for hydroxylation is 1. The summed E-state index contributed by atoms with van der Waals surface area (Å²) >= 11 is 0. The molecule has 10 heteroatoms. The zero-order valence-corrected chi connectivity index (χ0v) is 10.2. The lowest BCUT2D eigenvalue weighted by Crippen LogP contribution is -2.08. The van der Waals surface area contributed by atoms with Crippen molar-refractivity contribution in [2.24, 2.45) is 0 Å². The van der Waals surface area contributed by atoms with E-state index in [1.807, 2.05) is 0 Å². The van der Waals surface area contributed by atoms with Gasteiger partial charge in [0.25, 0.3) is 0 Å². The predicted octanol–water partition coefficient (Wildman–Crippen LogP) is 0.730. The molecule has 0 aliphatic rings. The third-order valence-electron chi connectivity index (χ3n) is 2.22. The summed E-state index contributed by atoms with van der Waals surface area (Å²) in [5.74, 6) is 1.02. The lowest BCUT2D eigenvalue weighted by Gasteiger charge is -2.06. The molecule has 2 N–H and O–H groups in total. The fourth-order valence-corrected chi connectivity index (χ4v) is 1.44. The van der Waals surface area contributed by atoms with Crippen LogP contribution in [0.5, 0.6) is 0 Å². The second-order valence-electron chi connectivity index (χ2n) is 3.52. The number of nitro groups is 1. The largest absolute Gasteiger partial charge is 0.367 e. The number of nitrogens with zero attached hydrogens (tertiary/aromatic N) is 5. The minimum atomic E-state index is -0.562. The maximum atomic E-state index is 11.0. The molecule has 19 heavy (non-hydrogen) atoms. The smallest absolute Gasteiger partial charge is 0.353 e. The average molecular weight is 265 g/mol. The first-order valence-corrected chi connectivity index (χ1v) is 5.32. The molecule has 2 aromatic rings. The Morgan fingerprint density at radius 3 is 2.74 bits per heavy atom. The van der Waals surface area contributed by atoms with Gasteiger partial charge < -0.3 is 15.2 Å². The third kappa shape index (κ3) is 2.73. The molecule has 0 unspecified atom stereocenters. The van der Waals surface area contributed by atoms with Crippen molar-refractivity contribution >= 4 is 17.3 Å². The molecule has 2 aromatic heterocycles. The molecule has 0 bridgehead atoms. The minimum Gasteiger partial charge on any atom is -0.367 e. The van der Waals surface area contributed by atoms with Gasteiger partial charge in [-0.05, 0) is 6.92 Å². The highest BCUT2D eigenvalue weighted by Crippen LogP contribution is 2.28. The molecule has 0 radical (unpaired) electrons. The molecule has 0 amide bonds. The second kappa shape index (κ2) is 5.25. The number of aromatic nitrogens is 4. The second-order valence-corrected chi connectivity index (χ2v) is 3.52. The topological polar surface area (TPSA) is 132 Å². The molecule has 2 rings (SSSR count). The molecule has 10 nitrogen and oxygen atoms in total. The van der Waals surface area contributed by atoms with Gasteiger partial charge in [-0.1, -0.05) is 5.16 Å². The average Bonchev–Trinajstić information content (AvgIpc) is 2.81. The molecule has 0 spiro atoms. The molecular weight excluding hydrogens is 254 g/mol. The van der Waals surface area contributed by atoms with Crippen molar-refractivity contribution in [3.05, 3.63) is 28.2 Å². The standard InChI is InChI=1S/C9H11N7O3/c1-5-14-6(19-15-5)3-11-9-7(16(17)18)8(10-2)12-4-13-9/h4H,3H2,1-2H3,(H2,10,11,12,13). The Morgan fingerprint density at radius 1 is 1.42 bits per heavy atom. The van der Waals surface area contributed by atoms with Gasteiger partial charge in [0.15, 0.2) is 5.82 Å². The Bertz CT molecular complexity index is 597. The first-order chi connectivity index (χ1) is 9.11. The van der Waals surface area contributed by atoms with Crippen molar-refractivity contribution in [2.45, 2.75) is 13.5 Å². The summed E-state index contributed by atoms with van der Waals surface area (Å²) < 4.78 is 4.89. The lowest BCUT2D eigenvalue weighted by atomic mass is 10.4. The van der Waals surface area contributed by atoms with Crippen LogP contribution in [0.4, 0.5) is 17.3 Å². The number of anilines is 2. The number of hydrogen-bond acceptors (Lipinski definition) is 9. The zero-order chi connectivity index (χ0) is 13.8. The quantitative estimate of drug-likeness (QED) is 0.592. The van der Waals surface area contributed by atoms with Crippen molar-refractivity contribution in [3.63, 3.8) is 0 Å². The molecule has 0 aromatic carbocycles. The van der Waals surface area contributed by atoms with Crippen LogP contribution in [0.3, 0.4) is 0 Å². The van der Waals surface area contributed by atoms with Crippen LogP contribution >= 0.6 is 0 Å². The van der Waals surface area contributed by atoms with Gasteiger partial charge in [0.2, 0.25) is 17.5 Å². The van der Waals surface area contributed by atoms with Gasteiger partial charge in [-0.2, -0.15) is 4.98 Å². The summed E-state index contributed by atoms with van der Waals surface area (Å²) in [4.78, 5) is 22.0. The summed E-state index contributed by atoms with van der Waals surface area (Å²) in [6, 6.07) is 0. The van der Waals surface area contributed by atoms with E-state index in [0.717, 1.165) is 0 Å². The molecule has 2 heterocycles. The molecule has 0 saturated carbocycles. The molecule has 100 valence electrons. The van der Waals surface area contributed by atoms with E-state index in [2.05, 4.69) is 30.7 Å². The number of nitrogens with one attached hydrogen (secondary N) is 2. The first-order valence-electron chi connectivity index (χ1n) is 5.32. The Balaban J connectivity index is 2.22. The van der Waals surface area contributed by atoms with Gasteiger partial charge in [-0.3, -0.25) is 10.1 Å². The van der Waals surface area contributed by atoms with Crippen LogP contribution in [0, 0.1) is 17.0 Å². The fraction of sp³-hybridized carbons (Fsp3) is 0.333. The van der Waals surface area contributed by atoms with Crippen LogP contribution < -0.4 is 10.6 Å². The van der Waals surface area contributed by atoms with Crippen molar-refractivity contribution < 1.29 is 9.45 Å². The van der Waals surface area contributed by atoms with Crippen LogP contribution in [0.2, 0.25) is 0 Å². The highest BCUT2D eigenvalue weighted by Gasteiger charge is 2.22. The summed E-state index contributed by atoms with van der Waals surface area (Å²) in [5.41, 5.74) is -0.235. The van der Waals surface area contributed by atoms with Gasteiger partial charge in [-0.15, -0.1) is 0 Å². The van der Waals surface area contributed by atoms with E-state index in [-0.39, 0.29) is 23.9 Å². The molecular formula is C9H11N7O3. The Labute approximate surface area is 107 Å². The summed E-state index contributed by atoms with van der Waals surface area (Å²) in [7, 11) is 1.54. The Kier molecular flexibility index (Phi) is 3.50. The van der Waals surface area contributed by atoms with Gasteiger partial charge in [0, 0.05) is 7.05 Å². The zero-order valence-electron chi connectivity index (χ0n) is 10.2. The third-order valence-corrected chi connectivity index (χ3v) is 2.22. The fourth-order valence-electron chi connectivity index (χ4n) is 1.44. The highest BCUT2D eigenvalue weighted by molar-refractivity contribution is 5.68. The van der Waals surface area contributed by atoms with E-state index in [4.69, 9.17) is 4.52 Å². The predicted molar refractivity (Wildman–Crippen MR) is 64.6 cm³/mol. The van der Waals surface area contributed by atoms with Crippen LogP contribution in [0.15, 0.2) is 10.9 Å². The van der Waals surface area contributed by atoms with Gasteiger partial charge >= 0.3 is 5.69 Å². The summed E-state index contributed by atoms with van der Waals surface area (Å²) in [6.45, 7) is 1.82. The van der Waals surface area contributed by atoms with Crippen LogP contribution in [0.25, 0.3) is 0 Å². The lowest BCUT2D eigenvalue weighted by molar-refractivity contribution is -0.383. The van der Waals surface area contributed by atoms with Crippen molar-refractivity contribution in [1.29, 1.82) is 0 Å². The minimum absolute atomic E-state index is 0.0835. The van der Waals surface area contributed by atoms with Crippen LogP contribution in [-0.4, -0.2) is 32.1 Å². The Hall–Kier alpha value is -2.78. The molecule has 0 aliphatic heterocycles. The SMILES string of the molecule is CNc1ncnc(NCc2nc(C)no2)c1[N+](=O)[O-]. The van der Waals surface area contributed by atoms with E-state index < -0.39 is 4.92 Å². The molecule has 0 atom stereocenters. The van der Waals surface area contributed by atoms with Crippen molar-refractivity contribution in [2.75, 3.05) is 17.7 Å². The van der Waals surface area contributed by atoms with Gasteiger partial charge in [-0.25, -0.2) is 9.97 Å². The summed E-state index contributed by atoms with van der Waals surface area (Å²) in [6.07, 6.45) is 1.22. The number of hydrogen-bond donors (Lipinski definition) is 2. The molecule has 0 aliphatic carbocycles.